The third-order valence-corrected chi connectivity index (χ3v) is 4.39. The second-order valence-electron chi connectivity index (χ2n) is 6.59. The van der Waals surface area contributed by atoms with Crippen LogP contribution in [0.25, 0.3) is 5.57 Å². The standard InChI is InChI=1S/C18H21ClN4/c1-18(2,10-20)11-22-17-21-9-15(19)16(23-17)14-8-7-12-5-3-4-6-13(12)14/h3-6,8-9H,7,10-11,20H2,1-2H3,(H,21,22,23). The van der Waals surface area contributed by atoms with Crippen molar-refractivity contribution < 1.29 is 0 Å². The quantitative estimate of drug-likeness (QED) is 0.881. The zero-order chi connectivity index (χ0) is 16.4. The maximum absolute atomic E-state index is 6.35. The molecule has 0 amide bonds. The minimum absolute atomic E-state index is 0.0115. The van der Waals surface area contributed by atoms with E-state index in [1.807, 2.05) is 6.07 Å². The first-order valence-electron chi connectivity index (χ1n) is 7.75. The molecule has 23 heavy (non-hydrogen) atoms. The van der Waals surface area contributed by atoms with E-state index < -0.39 is 0 Å². The number of benzene rings is 1. The molecule has 0 radical (unpaired) electrons. The smallest absolute Gasteiger partial charge is 0.223 e. The molecule has 0 fully saturated rings. The van der Waals surface area contributed by atoms with E-state index in [1.165, 1.54) is 11.1 Å². The molecule has 1 aliphatic carbocycles. The van der Waals surface area contributed by atoms with Crippen molar-refractivity contribution in [1.29, 1.82) is 0 Å². The zero-order valence-corrected chi connectivity index (χ0v) is 14.2. The number of nitrogens with one attached hydrogen (secondary N) is 1. The first kappa shape index (κ1) is 16.0. The lowest BCUT2D eigenvalue weighted by molar-refractivity contribution is 0.404. The molecule has 5 heteroatoms. The number of anilines is 1. The number of nitrogens with zero attached hydrogens (tertiary/aromatic N) is 2. The van der Waals surface area contributed by atoms with Crippen LogP contribution in [0.15, 0.2) is 36.5 Å². The second-order valence-corrected chi connectivity index (χ2v) is 7.00. The number of rotatable bonds is 5. The van der Waals surface area contributed by atoms with Crippen LogP contribution in [0.4, 0.5) is 5.95 Å². The summed E-state index contributed by atoms with van der Waals surface area (Å²) in [5.74, 6) is 0.580. The van der Waals surface area contributed by atoms with E-state index in [2.05, 4.69) is 53.4 Å². The summed E-state index contributed by atoms with van der Waals surface area (Å²) in [7, 11) is 0. The average molecular weight is 329 g/mol. The van der Waals surface area contributed by atoms with Gasteiger partial charge in [-0.3, -0.25) is 0 Å². The maximum atomic E-state index is 6.35. The Morgan fingerprint density at radius 1 is 1.30 bits per heavy atom. The molecule has 120 valence electrons. The van der Waals surface area contributed by atoms with Crippen LogP contribution in [-0.4, -0.2) is 23.1 Å². The molecular weight excluding hydrogens is 308 g/mol. The molecule has 0 saturated carbocycles. The van der Waals surface area contributed by atoms with Gasteiger partial charge in [0.05, 0.1) is 16.9 Å². The summed E-state index contributed by atoms with van der Waals surface area (Å²) in [6.45, 7) is 5.51. The van der Waals surface area contributed by atoms with Crippen molar-refractivity contribution in [2.24, 2.45) is 11.1 Å². The number of nitrogens with two attached hydrogens (primary N) is 1. The van der Waals surface area contributed by atoms with Crippen molar-refractivity contribution in [3.05, 3.63) is 58.4 Å². The average Bonchev–Trinajstić information content (AvgIpc) is 2.98. The van der Waals surface area contributed by atoms with Crippen LogP contribution in [0.5, 0.6) is 0 Å². The van der Waals surface area contributed by atoms with Crippen molar-refractivity contribution in [2.45, 2.75) is 20.3 Å². The summed E-state index contributed by atoms with van der Waals surface area (Å²) in [6.07, 6.45) is 4.74. The molecule has 3 N–H and O–H groups in total. The Morgan fingerprint density at radius 3 is 2.87 bits per heavy atom. The van der Waals surface area contributed by atoms with E-state index in [-0.39, 0.29) is 5.41 Å². The molecule has 0 spiro atoms. The molecule has 1 aromatic carbocycles. The molecule has 1 heterocycles. The van der Waals surface area contributed by atoms with Gasteiger partial charge >= 0.3 is 0 Å². The van der Waals surface area contributed by atoms with Crippen LogP contribution in [0.2, 0.25) is 5.02 Å². The lowest BCUT2D eigenvalue weighted by Gasteiger charge is -2.22. The number of aromatic nitrogens is 2. The SMILES string of the molecule is CC(C)(CN)CNc1ncc(Cl)c(C2=CCc3ccccc32)n1. The van der Waals surface area contributed by atoms with Gasteiger partial charge in [0.1, 0.15) is 0 Å². The van der Waals surface area contributed by atoms with E-state index in [4.69, 9.17) is 17.3 Å². The molecule has 3 rings (SSSR count). The summed E-state index contributed by atoms with van der Waals surface area (Å²) in [6, 6.07) is 8.34. The van der Waals surface area contributed by atoms with E-state index in [9.17, 15) is 0 Å². The molecular formula is C18H21ClN4. The van der Waals surface area contributed by atoms with E-state index in [1.54, 1.807) is 6.20 Å². The van der Waals surface area contributed by atoms with Gasteiger partial charge in [-0.25, -0.2) is 9.97 Å². The molecule has 2 aromatic rings. The van der Waals surface area contributed by atoms with Gasteiger partial charge in [0.2, 0.25) is 5.95 Å². The number of hydrogen-bond acceptors (Lipinski definition) is 4. The van der Waals surface area contributed by atoms with Gasteiger partial charge in [-0.1, -0.05) is 55.8 Å². The molecule has 0 saturated heterocycles. The fourth-order valence-corrected chi connectivity index (χ4v) is 2.73. The van der Waals surface area contributed by atoms with Crippen LogP contribution in [0.1, 0.15) is 30.7 Å². The largest absolute Gasteiger partial charge is 0.354 e. The lowest BCUT2D eigenvalue weighted by Crippen LogP contribution is -2.31. The van der Waals surface area contributed by atoms with Crippen molar-refractivity contribution in [3.63, 3.8) is 0 Å². The zero-order valence-electron chi connectivity index (χ0n) is 13.4. The predicted octanol–water partition coefficient (Wildman–Crippen LogP) is 3.51. The van der Waals surface area contributed by atoms with Gasteiger partial charge in [0.15, 0.2) is 0 Å². The topological polar surface area (TPSA) is 63.8 Å². The number of fused-ring (bicyclic) bond motifs is 1. The fraction of sp³-hybridized carbons (Fsp3) is 0.333. The van der Waals surface area contributed by atoms with Crippen LogP contribution in [-0.2, 0) is 6.42 Å². The first-order chi connectivity index (χ1) is 11.0. The van der Waals surface area contributed by atoms with E-state index in [0.717, 1.165) is 17.7 Å². The monoisotopic (exact) mass is 328 g/mol. The Kier molecular flexibility index (Phi) is 4.37. The second kappa shape index (κ2) is 6.30. The minimum Gasteiger partial charge on any atom is -0.354 e. The highest BCUT2D eigenvalue weighted by molar-refractivity contribution is 6.32. The van der Waals surface area contributed by atoms with Crippen LogP contribution >= 0.6 is 11.6 Å². The molecule has 1 aliphatic rings. The van der Waals surface area contributed by atoms with Gasteiger partial charge < -0.3 is 11.1 Å². The summed E-state index contributed by atoms with van der Waals surface area (Å²) in [4.78, 5) is 8.91. The van der Waals surface area contributed by atoms with E-state index >= 15 is 0 Å². The lowest BCUT2D eigenvalue weighted by atomic mass is 9.94. The number of allylic oxidation sites excluding steroid dienone is 1. The van der Waals surface area contributed by atoms with Crippen LogP contribution in [0, 0.1) is 5.41 Å². The fourth-order valence-electron chi connectivity index (χ4n) is 2.54. The maximum Gasteiger partial charge on any atom is 0.223 e. The van der Waals surface area contributed by atoms with Crippen molar-refractivity contribution in [3.8, 4) is 0 Å². The van der Waals surface area contributed by atoms with Gasteiger partial charge in [0, 0.05) is 12.1 Å². The highest BCUT2D eigenvalue weighted by Crippen LogP contribution is 2.35. The van der Waals surface area contributed by atoms with Crippen molar-refractivity contribution >= 4 is 23.1 Å². The Morgan fingerprint density at radius 2 is 2.09 bits per heavy atom. The Balaban J connectivity index is 1.88. The van der Waals surface area contributed by atoms with Crippen molar-refractivity contribution in [1.82, 2.24) is 9.97 Å². The molecule has 4 nitrogen and oxygen atoms in total. The summed E-state index contributed by atoms with van der Waals surface area (Å²) < 4.78 is 0. The van der Waals surface area contributed by atoms with Gasteiger partial charge in [-0.15, -0.1) is 0 Å². The molecule has 0 aliphatic heterocycles. The highest BCUT2D eigenvalue weighted by atomic mass is 35.5. The molecule has 0 bridgehead atoms. The third kappa shape index (κ3) is 3.38. The Hall–Kier alpha value is -1.91. The summed E-state index contributed by atoms with van der Waals surface area (Å²) in [5, 5.41) is 3.83. The normalized spacial score (nSPS) is 13.7. The molecule has 0 unspecified atom stereocenters. The summed E-state index contributed by atoms with van der Waals surface area (Å²) >= 11 is 6.35. The highest BCUT2D eigenvalue weighted by Gasteiger charge is 2.20. The first-order valence-corrected chi connectivity index (χ1v) is 8.13. The van der Waals surface area contributed by atoms with Crippen molar-refractivity contribution in [2.75, 3.05) is 18.4 Å². The Bertz CT molecular complexity index is 752. The number of hydrogen-bond donors (Lipinski definition) is 2. The molecule has 0 atom stereocenters. The predicted molar refractivity (Wildman–Crippen MR) is 95.6 cm³/mol. The summed E-state index contributed by atoms with van der Waals surface area (Å²) in [5.41, 5.74) is 10.1. The number of halogens is 1. The molecule has 1 aromatic heterocycles. The van der Waals surface area contributed by atoms with Gasteiger partial charge in [-0.05, 0) is 29.5 Å². The van der Waals surface area contributed by atoms with Gasteiger partial charge in [0.25, 0.3) is 0 Å². The Labute approximate surface area is 141 Å². The van der Waals surface area contributed by atoms with Crippen LogP contribution < -0.4 is 11.1 Å². The third-order valence-electron chi connectivity index (χ3n) is 4.11. The van der Waals surface area contributed by atoms with E-state index in [0.29, 0.717) is 24.1 Å². The minimum atomic E-state index is -0.0115. The van der Waals surface area contributed by atoms with Crippen LogP contribution in [0.3, 0.4) is 0 Å². The van der Waals surface area contributed by atoms with Gasteiger partial charge in [-0.2, -0.15) is 0 Å².